The first-order valence-corrected chi connectivity index (χ1v) is 12.9. The molecule has 1 saturated carbocycles. The standard InChI is InChI=1S/C23H22F3N5O5S/c1-12-10-16(22(33)8-5-9-22)28-30-20(12)36-21-17(13(2)18(29-31-21)23(24,25)26)19(32)27-14-6-4-7-15(11-14)37(3,34)35/h4,6-7,10-11,33H,5,8-9H2,1-3H3,(H,27,32). The number of alkyl halides is 3. The van der Waals surface area contributed by atoms with Crippen molar-refractivity contribution in [1.82, 2.24) is 20.4 Å². The maximum Gasteiger partial charge on any atom is 0.435 e. The first-order chi connectivity index (χ1) is 17.2. The van der Waals surface area contributed by atoms with Crippen molar-refractivity contribution in [2.75, 3.05) is 11.6 Å². The lowest BCUT2D eigenvalue weighted by Crippen LogP contribution is -2.35. The Morgan fingerprint density at radius 3 is 2.32 bits per heavy atom. The summed E-state index contributed by atoms with van der Waals surface area (Å²) < 4.78 is 69.9. The second-order valence-corrected chi connectivity index (χ2v) is 10.8. The third-order valence-electron chi connectivity index (χ3n) is 5.99. The van der Waals surface area contributed by atoms with E-state index < -0.39 is 50.2 Å². The minimum atomic E-state index is -4.91. The number of nitrogens with zero attached hydrogens (tertiary/aromatic N) is 4. The molecular formula is C23H22F3N5O5S. The number of sulfone groups is 1. The number of nitrogens with one attached hydrogen (secondary N) is 1. The molecule has 1 amide bonds. The molecule has 0 bridgehead atoms. The van der Waals surface area contributed by atoms with Gasteiger partial charge in [-0.3, -0.25) is 4.79 Å². The summed E-state index contributed by atoms with van der Waals surface area (Å²) in [6.07, 6.45) is -2.05. The summed E-state index contributed by atoms with van der Waals surface area (Å²) in [6.45, 7) is 2.64. The number of aliphatic hydroxyl groups is 1. The molecule has 1 aromatic carbocycles. The van der Waals surface area contributed by atoms with Crippen LogP contribution in [0.4, 0.5) is 18.9 Å². The van der Waals surface area contributed by atoms with Gasteiger partial charge < -0.3 is 15.2 Å². The lowest BCUT2D eigenvalue weighted by Gasteiger charge is -2.35. The summed E-state index contributed by atoms with van der Waals surface area (Å²) in [5, 5.41) is 27.5. The van der Waals surface area contributed by atoms with Crippen LogP contribution in [0.1, 0.15) is 52.1 Å². The Labute approximate surface area is 209 Å². The van der Waals surface area contributed by atoms with Crippen LogP contribution in [0.15, 0.2) is 35.2 Å². The first kappa shape index (κ1) is 26.4. The Morgan fingerprint density at radius 1 is 1.08 bits per heavy atom. The number of ether oxygens (including phenoxy) is 1. The maximum atomic E-state index is 13.5. The summed E-state index contributed by atoms with van der Waals surface area (Å²) in [5.74, 6) is -1.74. The topological polar surface area (TPSA) is 144 Å². The van der Waals surface area contributed by atoms with Crippen molar-refractivity contribution < 1.29 is 36.2 Å². The first-order valence-electron chi connectivity index (χ1n) is 11.0. The number of benzene rings is 1. The van der Waals surface area contributed by atoms with E-state index in [4.69, 9.17) is 4.74 Å². The molecule has 1 aliphatic carbocycles. The van der Waals surface area contributed by atoms with Crippen LogP contribution in [0.2, 0.25) is 0 Å². The molecule has 4 rings (SSSR count). The van der Waals surface area contributed by atoms with Gasteiger partial charge in [-0.1, -0.05) is 6.07 Å². The number of carbonyl (C=O) groups excluding carboxylic acids is 1. The third kappa shape index (κ3) is 5.39. The minimum Gasteiger partial charge on any atom is -0.416 e. The smallest absolute Gasteiger partial charge is 0.416 e. The SMILES string of the molecule is Cc1cc(C2(O)CCC2)nnc1Oc1nnc(C(F)(F)F)c(C)c1C(=O)Nc1cccc(S(C)(=O)=O)c1. The van der Waals surface area contributed by atoms with Crippen LogP contribution < -0.4 is 10.1 Å². The number of rotatable bonds is 6. The molecule has 2 N–H and O–H groups in total. The molecule has 2 aromatic heterocycles. The van der Waals surface area contributed by atoms with Crippen LogP contribution in [0, 0.1) is 13.8 Å². The molecule has 10 nitrogen and oxygen atoms in total. The number of halogens is 3. The molecule has 1 aliphatic rings. The van der Waals surface area contributed by atoms with Crippen molar-refractivity contribution in [2.45, 2.75) is 49.8 Å². The maximum absolute atomic E-state index is 13.5. The van der Waals surface area contributed by atoms with Gasteiger partial charge in [-0.25, -0.2) is 8.42 Å². The normalized spacial score (nSPS) is 15.1. The number of anilines is 1. The lowest BCUT2D eigenvalue weighted by atomic mass is 9.77. The molecule has 0 spiro atoms. The van der Waals surface area contributed by atoms with Gasteiger partial charge >= 0.3 is 6.18 Å². The van der Waals surface area contributed by atoms with Gasteiger partial charge in [0, 0.05) is 17.5 Å². The van der Waals surface area contributed by atoms with E-state index in [0.29, 0.717) is 24.1 Å². The van der Waals surface area contributed by atoms with Crippen molar-refractivity contribution in [3.63, 3.8) is 0 Å². The Balaban J connectivity index is 1.73. The molecule has 37 heavy (non-hydrogen) atoms. The van der Waals surface area contributed by atoms with Crippen molar-refractivity contribution >= 4 is 21.4 Å². The minimum absolute atomic E-state index is 0.0257. The van der Waals surface area contributed by atoms with Crippen LogP contribution in [-0.2, 0) is 21.6 Å². The van der Waals surface area contributed by atoms with Crippen molar-refractivity contribution in [3.8, 4) is 11.8 Å². The van der Waals surface area contributed by atoms with E-state index in [1.807, 2.05) is 0 Å². The predicted octanol–water partition coefficient (Wildman–Crippen LogP) is 3.72. The molecule has 0 saturated heterocycles. The average Bonchev–Trinajstić information content (AvgIpc) is 2.77. The number of aryl methyl sites for hydroxylation is 1. The second-order valence-electron chi connectivity index (χ2n) is 8.81. The fraction of sp³-hybridized carbons (Fsp3) is 0.348. The molecule has 14 heteroatoms. The molecular weight excluding hydrogens is 515 g/mol. The van der Waals surface area contributed by atoms with Crippen LogP contribution in [0.3, 0.4) is 0 Å². The van der Waals surface area contributed by atoms with E-state index in [9.17, 15) is 31.5 Å². The highest BCUT2D eigenvalue weighted by atomic mass is 32.2. The van der Waals surface area contributed by atoms with Gasteiger partial charge in [0.25, 0.3) is 11.8 Å². The summed E-state index contributed by atoms with van der Waals surface area (Å²) in [4.78, 5) is 13.1. The molecule has 0 unspecified atom stereocenters. The molecule has 2 heterocycles. The van der Waals surface area contributed by atoms with Gasteiger partial charge in [-0.15, -0.1) is 20.4 Å². The molecule has 1 fully saturated rings. The third-order valence-corrected chi connectivity index (χ3v) is 7.10. The van der Waals surface area contributed by atoms with Gasteiger partial charge in [0.15, 0.2) is 15.5 Å². The van der Waals surface area contributed by atoms with E-state index in [2.05, 4.69) is 25.7 Å². The monoisotopic (exact) mass is 537 g/mol. The van der Waals surface area contributed by atoms with E-state index in [0.717, 1.165) is 19.6 Å². The predicted molar refractivity (Wildman–Crippen MR) is 124 cm³/mol. The summed E-state index contributed by atoms with van der Waals surface area (Å²) in [5.41, 5.74) is -2.85. The average molecular weight is 538 g/mol. The van der Waals surface area contributed by atoms with Crippen molar-refractivity contribution in [2.24, 2.45) is 0 Å². The van der Waals surface area contributed by atoms with E-state index >= 15 is 0 Å². The zero-order chi connectivity index (χ0) is 27.2. The van der Waals surface area contributed by atoms with E-state index in [-0.39, 0.29) is 16.5 Å². The Kier molecular flexibility index (Phi) is 6.67. The summed E-state index contributed by atoms with van der Waals surface area (Å²) in [6, 6.07) is 6.77. The zero-order valence-electron chi connectivity index (χ0n) is 19.9. The number of aromatic nitrogens is 4. The van der Waals surface area contributed by atoms with Crippen molar-refractivity contribution in [3.05, 3.63) is 58.4 Å². The van der Waals surface area contributed by atoms with Gasteiger partial charge in [0.05, 0.1) is 10.6 Å². The van der Waals surface area contributed by atoms with Gasteiger partial charge in [-0.2, -0.15) is 13.2 Å². The molecule has 0 atom stereocenters. The van der Waals surface area contributed by atoms with Crippen LogP contribution >= 0.6 is 0 Å². The Hall–Kier alpha value is -3.65. The van der Waals surface area contributed by atoms with Crippen LogP contribution in [0.5, 0.6) is 11.8 Å². The van der Waals surface area contributed by atoms with Crippen LogP contribution in [-0.4, -0.2) is 46.1 Å². The summed E-state index contributed by atoms with van der Waals surface area (Å²) in [7, 11) is -3.61. The van der Waals surface area contributed by atoms with E-state index in [1.54, 1.807) is 13.0 Å². The molecule has 196 valence electrons. The van der Waals surface area contributed by atoms with Crippen LogP contribution in [0.25, 0.3) is 0 Å². The number of hydrogen-bond acceptors (Lipinski definition) is 9. The number of carbonyl (C=O) groups is 1. The highest BCUT2D eigenvalue weighted by molar-refractivity contribution is 7.90. The Bertz CT molecular complexity index is 1490. The summed E-state index contributed by atoms with van der Waals surface area (Å²) >= 11 is 0. The number of amides is 1. The molecule has 0 aliphatic heterocycles. The largest absolute Gasteiger partial charge is 0.435 e. The lowest BCUT2D eigenvalue weighted by molar-refractivity contribution is -0.142. The fourth-order valence-electron chi connectivity index (χ4n) is 3.77. The zero-order valence-corrected chi connectivity index (χ0v) is 20.7. The van der Waals surface area contributed by atoms with E-state index in [1.165, 1.54) is 24.3 Å². The van der Waals surface area contributed by atoms with Gasteiger partial charge in [0.1, 0.15) is 11.2 Å². The molecule has 3 aromatic rings. The Morgan fingerprint density at radius 2 is 1.76 bits per heavy atom. The van der Waals surface area contributed by atoms with Crippen molar-refractivity contribution in [1.29, 1.82) is 0 Å². The highest BCUT2D eigenvalue weighted by Gasteiger charge is 2.40. The number of hydrogen-bond donors (Lipinski definition) is 2. The van der Waals surface area contributed by atoms with Gasteiger partial charge in [0.2, 0.25) is 5.88 Å². The second kappa shape index (κ2) is 9.34. The fourth-order valence-corrected chi connectivity index (χ4v) is 4.43. The quantitative estimate of drug-likeness (QED) is 0.481. The molecule has 0 radical (unpaired) electrons. The highest BCUT2D eigenvalue weighted by Crippen LogP contribution is 2.41. The van der Waals surface area contributed by atoms with Gasteiger partial charge in [-0.05, 0) is 62.9 Å².